The molecule has 4 N–H and O–H groups in total. The maximum absolute atomic E-state index is 13.1. The minimum Gasteiger partial charge on any atom is -0.488 e. The van der Waals surface area contributed by atoms with Gasteiger partial charge in [-0.15, -0.1) is 0 Å². The van der Waals surface area contributed by atoms with Crippen LogP contribution < -0.4 is 16.2 Å². The molecular formula is C14H12BrFN2O2. The van der Waals surface area contributed by atoms with Gasteiger partial charge in [0.15, 0.2) is 0 Å². The van der Waals surface area contributed by atoms with Gasteiger partial charge in [0.2, 0.25) is 0 Å². The number of ether oxygens (including phenoxy) is 1. The van der Waals surface area contributed by atoms with Crippen LogP contribution in [-0.4, -0.2) is 5.91 Å². The first-order valence-corrected chi connectivity index (χ1v) is 6.52. The number of anilines is 1. The van der Waals surface area contributed by atoms with Gasteiger partial charge in [-0.1, -0.05) is 6.07 Å². The second kappa shape index (κ2) is 5.92. The average Bonchev–Trinajstić information content (AvgIpc) is 2.40. The SMILES string of the molecule is NC(=O)c1ccc(N)cc1OCc1ccc(F)c(Br)c1. The normalized spacial score (nSPS) is 10.3. The molecule has 104 valence electrons. The number of hydrogen-bond acceptors (Lipinski definition) is 3. The summed E-state index contributed by atoms with van der Waals surface area (Å²) < 4.78 is 19.0. The molecule has 0 bridgehead atoms. The fourth-order valence-corrected chi connectivity index (χ4v) is 2.08. The third-order valence-corrected chi connectivity index (χ3v) is 3.26. The van der Waals surface area contributed by atoms with E-state index in [0.717, 1.165) is 5.56 Å². The number of benzene rings is 2. The van der Waals surface area contributed by atoms with Crippen LogP contribution in [0.1, 0.15) is 15.9 Å². The molecular weight excluding hydrogens is 327 g/mol. The second-order valence-corrected chi connectivity index (χ2v) is 5.01. The van der Waals surface area contributed by atoms with E-state index in [4.69, 9.17) is 16.2 Å². The summed E-state index contributed by atoms with van der Waals surface area (Å²) in [7, 11) is 0. The lowest BCUT2D eigenvalue weighted by atomic mass is 10.1. The first kappa shape index (κ1) is 14.3. The Balaban J connectivity index is 2.20. The van der Waals surface area contributed by atoms with Crippen molar-refractivity contribution in [3.8, 4) is 5.75 Å². The van der Waals surface area contributed by atoms with Gasteiger partial charge in [0.1, 0.15) is 18.2 Å². The number of nitrogen functional groups attached to an aromatic ring is 1. The monoisotopic (exact) mass is 338 g/mol. The third kappa shape index (κ3) is 3.27. The molecule has 0 radical (unpaired) electrons. The van der Waals surface area contributed by atoms with Crippen LogP contribution in [0.15, 0.2) is 40.9 Å². The molecule has 0 saturated heterocycles. The van der Waals surface area contributed by atoms with Crippen molar-refractivity contribution in [2.24, 2.45) is 5.73 Å². The van der Waals surface area contributed by atoms with Crippen molar-refractivity contribution in [3.63, 3.8) is 0 Å². The Morgan fingerprint density at radius 1 is 1.25 bits per heavy atom. The highest BCUT2D eigenvalue weighted by atomic mass is 79.9. The zero-order valence-corrected chi connectivity index (χ0v) is 12.0. The van der Waals surface area contributed by atoms with Gasteiger partial charge in [0.05, 0.1) is 10.0 Å². The third-order valence-electron chi connectivity index (χ3n) is 2.65. The summed E-state index contributed by atoms with van der Waals surface area (Å²) in [5.74, 6) is -0.645. The number of primary amides is 1. The molecule has 4 nitrogen and oxygen atoms in total. The van der Waals surface area contributed by atoms with Crippen LogP contribution in [0.5, 0.6) is 5.75 Å². The highest BCUT2D eigenvalue weighted by Crippen LogP contribution is 2.23. The van der Waals surface area contributed by atoms with Crippen LogP contribution in [0, 0.1) is 5.82 Å². The van der Waals surface area contributed by atoms with E-state index in [2.05, 4.69) is 15.9 Å². The summed E-state index contributed by atoms with van der Waals surface area (Å²) in [5.41, 5.74) is 12.4. The van der Waals surface area contributed by atoms with E-state index < -0.39 is 5.91 Å². The molecule has 0 unspecified atom stereocenters. The second-order valence-electron chi connectivity index (χ2n) is 4.16. The molecule has 0 aliphatic heterocycles. The molecule has 2 aromatic carbocycles. The van der Waals surface area contributed by atoms with E-state index in [1.807, 2.05) is 0 Å². The maximum atomic E-state index is 13.1. The standard InChI is InChI=1S/C14H12BrFN2O2/c15-11-5-8(1-4-12(11)16)7-20-13-6-9(17)2-3-10(13)14(18)19/h1-6H,7,17H2,(H2,18,19). The largest absolute Gasteiger partial charge is 0.488 e. The van der Waals surface area contributed by atoms with Crippen LogP contribution in [-0.2, 0) is 6.61 Å². The van der Waals surface area contributed by atoms with E-state index in [1.165, 1.54) is 18.2 Å². The number of rotatable bonds is 4. The molecule has 2 rings (SSSR count). The molecule has 20 heavy (non-hydrogen) atoms. The summed E-state index contributed by atoms with van der Waals surface area (Å²) >= 11 is 3.10. The van der Waals surface area contributed by atoms with Gasteiger partial charge < -0.3 is 16.2 Å². The highest BCUT2D eigenvalue weighted by Gasteiger charge is 2.10. The lowest BCUT2D eigenvalue weighted by molar-refractivity contribution is 0.0996. The van der Waals surface area contributed by atoms with Crippen LogP contribution in [0.4, 0.5) is 10.1 Å². The Labute approximate surface area is 123 Å². The van der Waals surface area contributed by atoms with E-state index in [0.29, 0.717) is 15.9 Å². The van der Waals surface area contributed by atoms with Crippen molar-refractivity contribution in [1.82, 2.24) is 0 Å². The van der Waals surface area contributed by atoms with E-state index in [1.54, 1.807) is 18.2 Å². The fourth-order valence-electron chi connectivity index (χ4n) is 1.65. The van der Waals surface area contributed by atoms with Crippen LogP contribution in [0.25, 0.3) is 0 Å². The van der Waals surface area contributed by atoms with E-state index in [-0.39, 0.29) is 18.0 Å². The van der Waals surface area contributed by atoms with Crippen LogP contribution >= 0.6 is 15.9 Å². The first-order valence-electron chi connectivity index (χ1n) is 5.73. The highest BCUT2D eigenvalue weighted by molar-refractivity contribution is 9.10. The van der Waals surface area contributed by atoms with Crippen molar-refractivity contribution in [1.29, 1.82) is 0 Å². The van der Waals surface area contributed by atoms with Gasteiger partial charge in [-0.05, 0) is 45.8 Å². The predicted molar refractivity (Wildman–Crippen MR) is 77.8 cm³/mol. The van der Waals surface area contributed by atoms with Crippen LogP contribution in [0.3, 0.4) is 0 Å². The molecule has 6 heteroatoms. The molecule has 1 amide bonds. The summed E-state index contributed by atoms with van der Waals surface area (Å²) in [6, 6.07) is 9.13. The Morgan fingerprint density at radius 3 is 2.65 bits per heavy atom. The molecule has 0 spiro atoms. The lowest BCUT2D eigenvalue weighted by Crippen LogP contribution is -2.13. The Morgan fingerprint density at radius 2 is 2.00 bits per heavy atom. The molecule has 0 saturated carbocycles. The summed E-state index contributed by atoms with van der Waals surface area (Å²) in [5, 5.41) is 0. The summed E-state index contributed by atoms with van der Waals surface area (Å²) in [6.45, 7) is 0.169. The lowest BCUT2D eigenvalue weighted by Gasteiger charge is -2.11. The van der Waals surface area contributed by atoms with Gasteiger partial charge in [-0.3, -0.25) is 4.79 Å². The number of halogens is 2. The summed E-state index contributed by atoms with van der Waals surface area (Å²) in [4.78, 5) is 11.3. The Bertz CT molecular complexity index is 662. The molecule has 0 aromatic heterocycles. The van der Waals surface area contributed by atoms with Gasteiger partial charge in [0.25, 0.3) is 5.91 Å². The maximum Gasteiger partial charge on any atom is 0.252 e. The van der Waals surface area contributed by atoms with Gasteiger partial charge in [0, 0.05) is 11.8 Å². The quantitative estimate of drug-likeness (QED) is 0.841. The number of hydrogen-bond donors (Lipinski definition) is 2. The average molecular weight is 339 g/mol. The molecule has 0 aliphatic carbocycles. The topological polar surface area (TPSA) is 78.3 Å². The van der Waals surface area contributed by atoms with E-state index in [9.17, 15) is 9.18 Å². The van der Waals surface area contributed by atoms with Gasteiger partial charge >= 0.3 is 0 Å². The number of nitrogens with two attached hydrogens (primary N) is 2. The number of amides is 1. The number of carbonyl (C=O) groups is 1. The van der Waals surface area contributed by atoms with Crippen molar-refractivity contribution in [2.45, 2.75) is 6.61 Å². The Hall–Kier alpha value is -2.08. The fraction of sp³-hybridized carbons (Fsp3) is 0.0714. The molecule has 2 aromatic rings. The Kier molecular flexibility index (Phi) is 4.24. The van der Waals surface area contributed by atoms with Gasteiger partial charge in [-0.2, -0.15) is 0 Å². The zero-order chi connectivity index (χ0) is 14.7. The van der Waals surface area contributed by atoms with Crippen molar-refractivity contribution in [2.75, 3.05) is 5.73 Å². The molecule has 0 fully saturated rings. The smallest absolute Gasteiger partial charge is 0.252 e. The van der Waals surface area contributed by atoms with Gasteiger partial charge in [-0.25, -0.2) is 4.39 Å². The summed E-state index contributed by atoms with van der Waals surface area (Å²) in [6.07, 6.45) is 0. The van der Waals surface area contributed by atoms with Crippen molar-refractivity contribution >= 4 is 27.5 Å². The van der Waals surface area contributed by atoms with Crippen molar-refractivity contribution in [3.05, 3.63) is 57.8 Å². The van der Waals surface area contributed by atoms with Crippen molar-refractivity contribution < 1.29 is 13.9 Å². The minimum atomic E-state index is -0.597. The number of carbonyl (C=O) groups excluding carboxylic acids is 1. The first-order chi connectivity index (χ1) is 9.47. The van der Waals surface area contributed by atoms with Crippen LogP contribution in [0.2, 0.25) is 0 Å². The van der Waals surface area contributed by atoms with E-state index >= 15 is 0 Å². The molecule has 0 atom stereocenters. The zero-order valence-electron chi connectivity index (χ0n) is 10.4. The molecule has 0 aliphatic rings. The molecule has 0 heterocycles. The minimum absolute atomic E-state index is 0.169. The predicted octanol–water partition coefficient (Wildman–Crippen LogP) is 2.85.